The smallest absolute Gasteiger partial charge is 0.315 e. The third-order valence-electron chi connectivity index (χ3n) is 4.03. The summed E-state index contributed by atoms with van der Waals surface area (Å²) in [5.74, 6) is 0. The molecule has 19 heavy (non-hydrogen) atoms. The van der Waals surface area contributed by atoms with Gasteiger partial charge in [-0.05, 0) is 41.7 Å². The van der Waals surface area contributed by atoms with Gasteiger partial charge in [0.15, 0.2) is 0 Å². The standard InChI is InChI=1S/C14H22N2O2S/c1-14(10-17)6-2-3-12(14)16-13(18)15-7-4-11-5-8-19-9-11/h5,8-9,12,17H,2-4,6-7,10H2,1H3,(H2,15,16,18). The van der Waals surface area contributed by atoms with Crippen LogP contribution in [-0.2, 0) is 6.42 Å². The Hall–Kier alpha value is -1.07. The van der Waals surface area contributed by atoms with Gasteiger partial charge in [0, 0.05) is 18.0 Å². The van der Waals surface area contributed by atoms with Crippen LogP contribution in [0.1, 0.15) is 31.7 Å². The Kier molecular flexibility index (Phi) is 4.82. The van der Waals surface area contributed by atoms with Gasteiger partial charge in [-0.2, -0.15) is 11.3 Å². The number of hydrogen-bond donors (Lipinski definition) is 3. The van der Waals surface area contributed by atoms with Gasteiger partial charge in [-0.3, -0.25) is 0 Å². The van der Waals surface area contributed by atoms with E-state index in [1.165, 1.54) is 5.56 Å². The largest absolute Gasteiger partial charge is 0.396 e. The number of aliphatic hydroxyl groups excluding tert-OH is 1. The fourth-order valence-electron chi connectivity index (χ4n) is 2.63. The molecular formula is C14H22N2O2S. The SMILES string of the molecule is CC1(CO)CCCC1NC(=O)NCCc1ccsc1. The second-order valence-electron chi connectivity index (χ2n) is 5.54. The number of carbonyl (C=O) groups excluding carboxylic acids is 1. The zero-order valence-electron chi connectivity index (χ0n) is 11.3. The first-order chi connectivity index (χ1) is 9.14. The quantitative estimate of drug-likeness (QED) is 0.775. The van der Waals surface area contributed by atoms with Crippen LogP contribution < -0.4 is 10.6 Å². The number of hydrogen-bond acceptors (Lipinski definition) is 3. The monoisotopic (exact) mass is 282 g/mol. The van der Waals surface area contributed by atoms with Gasteiger partial charge in [0.25, 0.3) is 0 Å². The van der Waals surface area contributed by atoms with Gasteiger partial charge in [-0.25, -0.2) is 4.79 Å². The number of nitrogens with one attached hydrogen (secondary N) is 2. The van der Waals surface area contributed by atoms with Gasteiger partial charge in [-0.1, -0.05) is 13.3 Å². The van der Waals surface area contributed by atoms with Crippen LogP contribution in [0, 0.1) is 5.41 Å². The molecule has 106 valence electrons. The van der Waals surface area contributed by atoms with Crippen molar-refractivity contribution in [1.82, 2.24) is 10.6 Å². The summed E-state index contributed by atoms with van der Waals surface area (Å²) >= 11 is 1.67. The molecule has 0 saturated heterocycles. The lowest BCUT2D eigenvalue weighted by Crippen LogP contribution is -2.48. The van der Waals surface area contributed by atoms with E-state index in [4.69, 9.17) is 0 Å². The molecule has 2 unspecified atom stereocenters. The molecule has 2 atom stereocenters. The molecule has 2 rings (SSSR count). The van der Waals surface area contributed by atoms with Crippen molar-refractivity contribution in [3.8, 4) is 0 Å². The molecule has 0 aromatic carbocycles. The summed E-state index contributed by atoms with van der Waals surface area (Å²) in [5.41, 5.74) is 1.09. The lowest BCUT2D eigenvalue weighted by atomic mass is 9.86. The summed E-state index contributed by atoms with van der Waals surface area (Å²) in [6.45, 7) is 2.81. The maximum absolute atomic E-state index is 11.8. The molecule has 1 aliphatic rings. The van der Waals surface area contributed by atoms with E-state index >= 15 is 0 Å². The fraction of sp³-hybridized carbons (Fsp3) is 0.643. The summed E-state index contributed by atoms with van der Waals surface area (Å²) in [5, 5.41) is 19.5. The molecule has 1 fully saturated rings. The fourth-order valence-corrected chi connectivity index (χ4v) is 3.34. The molecule has 1 heterocycles. The van der Waals surface area contributed by atoms with Gasteiger partial charge in [-0.15, -0.1) is 0 Å². The third kappa shape index (κ3) is 3.70. The first-order valence-corrected chi connectivity index (χ1v) is 7.75. The molecule has 1 aromatic heterocycles. The van der Waals surface area contributed by atoms with Gasteiger partial charge in [0.1, 0.15) is 0 Å². The molecular weight excluding hydrogens is 260 g/mol. The second kappa shape index (κ2) is 6.39. The van der Waals surface area contributed by atoms with Crippen LogP contribution >= 0.6 is 11.3 Å². The molecule has 1 aromatic rings. The molecule has 5 heteroatoms. The van der Waals surface area contributed by atoms with E-state index in [0.29, 0.717) is 6.54 Å². The minimum absolute atomic E-state index is 0.0821. The number of urea groups is 1. The third-order valence-corrected chi connectivity index (χ3v) is 4.76. The van der Waals surface area contributed by atoms with E-state index in [1.54, 1.807) is 11.3 Å². The predicted molar refractivity (Wildman–Crippen MR) is 77.4 cm³/mol. The molecule has 3 N–H and O–H groups in total. The highest BCUT2D eigenvalue weighted by Crippen LogP contribution is 2.37. The molecule has 1 aliphatic carbocycles. The van der Waals surface area contributed by atoms with Crippen LogP contribution in [-0.4, -0.2) is 30.3 Å². The maximum atomic E-state index is 11.8. The van der Waals surface area contributed by atoms with Crippen molar-refractivity contribution in [2.24, 2.45) is 5.41 Å². The van der Waals surface area contributed by atoms with Crippen molar-refractivity contribution in [2.45, 2.75) is 38.6 Å². The van der Waals surface area contributed by atoms with Crippen molar-refractivity contribution in [1.29, 1.82) is 0 Å². The number of rotatable bonds is 5. The number of aliphatic hydroxyl groups is 1. The van der Waals surface area contributed by atoms with Crippen LogP contribution in [0.25, 0.3) is 0 Å². The van der Waals surface area contributed by atoms with E-state index in [9.17, 15) is 9.90 Å². The van der Waals surface area contributed by atoms with Crippen LogP contribution in [0.3, 0.4) is 0 Å². The Morgan fingerprint density at radius 1 is 1.63 bits per heavy atom. The summed E-state index contributed by atoms with van der Waals surface area (Å²) in [7, 11) is 0. The van der Waals surface area contributed by atoms with Crippen molar-refractivity contribution >= 4 is 17.4 Å². The van der Waals surface area contributed by atoms with E-state index in [0.717, 1.165) is 25.7 Å². The van der Waals surface area contributed by atoms with Crippen LogP contribution in [0.15, 0.2) is 16.8 Å². The Balaban J connectivity index is 1.72. The van der Waals surface area contributed by atoms with E-state index in [1.807, 2.05) is 12.3 Å². The number of thiophene rings is 1. The molecule has 0 spiro atoms. The number of amides is 2. The summed E-state index contributed by atoms with van der Waals surface area (Å²) in [6.07, 6.45) is 3.86. The second-order valence-corrected chi connectivity index (χ2v) is 6.32. The van der Waals surface area contributed by atoms with E-state index in [2.05, 4.69) is 22.1 Å². The molecule has 0 aliphatic heterocycles. The molecule has 4 nitrogen and oxygen atoms in total. The van der Waals surface area contributed by atoms with Gasteiger partial charge < -0.3 is 15.7 Å². The molecule has 0 radical (unpaired) electrons. The Labute approximate surface area is 118 Å². The first kappa shape index (κ1) is 14.3. The van der Waals surface area contributed by atoms with Gasteiger partial charge in [0.2, 0.25) is 0 Å². The zero-order valence-corrected chi connectivity index (χ0v) is 12.1. The molecule has 0 bridgehead atoms. The maximum Gasteiger partial charge on any atom is 0.315 e. The van der Waals surface area contributed by atoms with Crippen molar-refractivity contribution in [3.05, 3.63) is 22.4 Å². The average molecular weight is 282 g/mol. The van der Waals surface area contributed by atoms with E-state index < -0.39 is 0 Å². The average Bonchev–Trinajstić information content (AvgIpc) is 3.01. The van der Waals surface area contributed by atoms with Crippen molar-refractivity contribution in [3.63, 3.8) is 0 Å². The van der Waals surface area contributed by atoms with Crippen LogP contribution in [0.5, 0.6) is 0 Å². The lowest BCUT2D eigenvalue weighted by Gasteiger charge is -2.30. The topological polar surface area (TPSA) is 61.4 Å². The highest BCUT2D eigenvalue weighted by Gasteiger charge is 2.38. The Bertz CT molecular complexity index is 408. The number of carbonyl (C=O) groups is 1. The van der Waals surface area contributed by atoms with Gasteiger partial charge >= 0.3 is 6.03 Å². The Morgan fingerprint density at radius 2 is 2.47 bits per heavy atom. The van der Waals surface area contributed by atoms with Crippen LogP contribution in [0.2, 0.25) is 0 Å². The van der Waals surface area contributed by atoms with Crippen molar-refractivity contribution in [2.75, 3.05) is 13.2 Å². The minimum atomic E-state index is -0.162. The summed E-state index contributed by atoms with van der Waals surface area (Å²) in [6, 6.07) is 2.03. The Morgan fingerprint density at radius 3 is 3.16 bits per heavy atom. The highest BCUT2D eigenvalue weighted by atomic mass is 32.1. The predicted octanol–water partition coefficient (Wildman–Crippen LogP) is 2.14. The molecule has 2 amide bonds. The van der Waals surface area contributed by atoms with Gasteiger partial charge in [0.05, 0.1) is 6.61 Å². The molecule has 1 saturated carbocycles. The van der Waals surface area contributed by atoms with Crippen molar-refractivity contribution < 1.29 is 9.90 Å². The minimum Gasteiger partial charge on any atom is -0.396 e. The summed E-state index contributed by atoms with van der Waals surface area (Å²) in [4.78, 5) is 11.8. The normalized spacial score (nSPS) is 26.3. The summed E-state index contributed by atoms with van der Waals surface area (Å²) < 4.78 is 0. The van der Waals surface area contributed by atoms with E-state index in [-0.39, 0.29) is 24.1 Å². The highest BCUT2D eigenvalue weighted by molar-refractivity contribution is 7.07. The zero-order chi connectivity index (χ0) is 13.7. The van der Waals surface area contributed by atoms with Crippen LogP contribution in [0.4, 0.5) is 4.79 Å². The first-order valence-electron chi connectivity index (χ1n) is 6.80. The lowest BCUT2D eigenvalue weighted by molar-refractivity contribution is 0.121.